The number of thiazole rings is 1. The number of ether oxygens (including phenoxy) is 1. The molecular formula is C25H28F2N6O3S2. The van der Waals surface area contributed by atoms with E-state index < -0.39 is 17.9 Å². The van der Waals surface area contributed by atoms with Crippen LogP contribution in [0, 0.1) is 0 Å². The number of aromatic nitrogens is 2. The van der Waals surface area contributed by atoms with Gasteiger partial charge in [-0.1, -0.05) is 17.9 Å². The Labute approximate surface area is 226 Å². The maximum Gasteiger partial charge on any atom is 0.326 e. The Kier molecular flexibility index (Phi) is 7.34. The summed E-state index contributed by atoms with van der Waals surface area (Å²) in [7, 11) is 1.54. The van der Waals surface area contributed by atoms with Crippen LogP contribution in [-0.2, 0) is 11.2 Å². The molecule has 0 spiro atoms. The quantitative estimate of drug-likeness (QED) is 0.330. The molecule has 2 aromatic heterocycles. The SMILES string of the molecule is C=C1C(NSc2cnc(N3CCC(F)(F)C3)s2)CCN1[C@H](Cc1cc2ccnc(N)c2cc1OC)C(=O)O. The molecule has 2 saturated heterocycles. The van der Waals surface area contributed by atoms with E-state index in [0.29, 0.717) is 35.4 Å². The van der Waals surface area contributed by atoms with Crippen LogP contribution in [0.25, 0.3) is 10.8 Å². The first-order valence-corrected chi connectivity index (χ1v) is 13.7. The molecule has 202 valence electrons. The Balaban J connectivity index is 1.25. The molecule has 2 aliphatic rings. The molecule has 2 aliphatic heterocycles. The summed E-state index contributed by atoms with van der Waals surface area (Å²) in [5.41, 5.74) is 7.44. The summed E-state index contributed by atoms with van der Waals surface area (Å²) < 4.78 is 36.8. The van der Waals surface area contributed by atoms with Gasteiger partial charge in [0.05, 0.1) is 30.1 Å². The predicted molar refractivity (Wildman–Crippen MR) is 145 cm³/mol. The van der Waals surface area contributed by atoms with Gasteiger partial charge in [-0.05, 0) is 47.5 Å². The van der Waals surface area contributed by atoms with Crippen LogP contribution in [-0.4, -0.2) is 70.7 Å². The lowest BCUT2D eigenvalue weighted by atomic mass is 10.00. The van der Waals surface area contributed by atoms with Gasteiger partial charge in [0.1, 0.15) is 17.6 Å². The second-order valence-corrected chi connectivity index (χ2v) is 11.5. The maximum absolute atomic E-state index is 13.6. The molecule has 5 rings (SSSR count). The van der Waals surface area contributed by atoms with E-state index in [4.69, 9.17) is 10.5 Å². The standard InChI is InChI=1S/C25H28F2N6O3S2/c1-14-18(31-38-21-12-30-24(37-21)32-8-5-25(26,27)13-32)4-7-33(14)19(23(34)35)10-16-9-15-3-6-29-22(28)17(15)11-20(16)36-2/h3,6,9,11-12,18-19,31H,1,4-5,7-8,10,13H2,2H3,(H2,28,29)(H,34,35)/t18?,19-/m1/s1. The number of pyridine rings is 1. The van der Waals surface area contributed by atoms with Gasteiger partial charge < -0.3 is 25.4 Å². The average Bonchev–Trinajstić information content (AvgIpc) is 3.59. The Morgan fingerprint density at radius 1 is 1.42 bits per heavy atom. The second kappa shape index (κ2) is 10.5. The first-order valence-electron chi connectivity index (χ1n) is 12.1. The van der Waals surface area contributed by atoms with E-state index in [0.717, 1.165) is 20.5 Å². The normalized spacial score (nSPS) is 19.9. The third-order valence-corrected chi connectivity index (χ3v) is 8.98. The second-order valence-electron chi connectivity index (χ2n) is 9.37. The molecule has 2 fully saturated rings. The zero-order valence-corrected chi connectivity index (χ0v) is 22.3. The number of carbonyl (C=O) groups is 1. The largest absolute Gasteiger partial charge is 0.496 e. The number of methoxy groups -OCH3 is 1. The minimum absolute atomic E-state index is 0.145. The summed E-state index contributed by atoms with van der Waals surface area (Å²) in [4.78, 5) is 24.2. The van der Waals surface area contributed by atoms with E-state index in [1.807, 2.05) is 17.0 Å². The summed E-state index contributed by atoms with van der Waals surface area (Å²) in [6, 6.07) is 4.53. The molecule has 38 heavy (non-hydrogen) atoms. The first kappa shape index (κ1) is 26.4. The van der Waals surface area contributed by atoms with Gasteiger partial charge in [0.25, 0.3) is 5.92 Å². The highest BCUT2D eigenvalue weighted by Crippen LogP contribution is 2.37. The molecular weight excluding hydrogens is 534 g/mol. The third kappa shape index (κ3) is 5.36. The van der Waals surface area contributed by atoms with Crippen molar-refractivity contribution in [3.8, 4) is 5.75 Å². The van der Waals surface area contributed by atoms with Crippen LogP contribution in [0.1, 0.15) is 18.4 Å². The van der Waals surface area contributed by atoms with Crippen LogP contribution in [0.15, 0.2) is 47.1 Å². The van der Waals surface area contributed by atoms with Gasteiger partial charge in [0.2, 0.25) is 0 Å². The van der Waals surface area contributed by atoms with Crippen molar-refractivity contribution in [3.05, 3.63) is 48.4 Å². The highest BCUT2D eigenvalue weighted by molar-refractivity contribution is 7.99. The monoisotopic (exact) mass is 562 g/mol. The van der Waals surface area contributed by atoms with Crippen molar-refractivity contribution in [2.45, 2.75) is 41.5 Å². The lowest BCUT2D eigenvalue weighted by Gasteiger charge is -2.29. The van der Waals surface area contributed by atoms with Crippen LogP contribution in [0.3, 0.4) is 0 Å². The van der Waals surface area contributed by atoms with Gasteiger partial charge in [-0.25, -0.2) is 23.5 Å². The minimum atomic E-state index is -2.68. The number of likely N-dealkylation sites (tertiary alicyclic amines) is 1. The molecule has 4 N–H and O–H groups in total. The van der Waals surface area contributed by atoms with E-state index in [-0.39, 0.29) is 32.0 Å². The molecule has 3 aromatic rings. The maximum atomic E-state index is 13.6. The van der Waals surface area contributed by atoms with E-state index >= 15 is 0 Å². The smallest absolute Gasteiger partial charge is 0.326 e. The number of nitrogens with two attached hydrogens (primary N) is 1. The highest BCUT2D eigenvalue weighted by atomic mass is 32.2. The predicted octanol–water partition coefficient (Wildman–Crippen LogP) is 4.01. The lowest BCUT2D eigenvalue weighted by molar-refractivity contribution is -0.142. The van der Waals surface area contributed by atoms with E-state index in [2.05, 4.69) is 21.3 Å². The number of benzene rings is 1. The number of aliphatic carboxylic acids is 1. The molecule has 0 bridgehead atoms. The number of fused-ring (bicyclic) bond motifs is 1. The van der Waals surface area contributed by atoms with E-state index in [1.54, 1.807) is 30.5 Å². The molecule has 0 aliphatic carbocycles. The fraction of sp³-hybridized carbons (Fsp3) is 0.400. The van der Waals surface area contributed by atoms with Crippen LogP contribution in [0.4, 0.5) is 19.7 Å². The lowest BCUT2D eigenvalue weighted by Crippen LogP contribution is -2.41. The topological polar surface area (TPSA) is 117 Å². The van der Waals surface area contributed by atoms with Crippen molar-refractivity contribution < 1.29 is 23.4 Å². The van der Waals surface area contributed by atoms with Crippen molar-refractivity contribution in [2.24, 2.45) is 0 Å². The number of carboxylic acid groups (broad SMARTS) is 1. The zero-order chi connectivity index (χ0) is 27.0. The number of halogens is 2. The molecule has 1 aromatic carbocycles. The summed E-state index contributed by atoms with van der Waals surface area (Å²) in [5.74, 6) is -2.70. The number of alkyl halides is 2. The van der Waals surface area contributed by atoms with Crippen LogP contribution in [0.2, 0.25) is 0 Å². The summed E-state index contributed by atoms with van der Waals surface area (Å²) in [5, 5.41) is 12.3. The summed E-state index contributed by atoms with van der Waals surface area (Å²) in [6.07, 6.45) is 4.01. The Bertz CT molecular complexity index is 1370. The summed E-state index contributed by atoms with van der Waals surface area (Å²) >= 11 is 2.71. The number of hydrogen-bond donors (Lipinski definition) is 3. The van der Waals surface area contributed by atoms with Gasteiger partial charge >= 0.3 is 5.97 Å². The van der Waals surface area contributed by atoms with Crippen molar-refractivity contribution in [1.29, 1.82) is 0 Å². The van der Waals surface area contributed by atoms with E-state index in [1.165, 1.54) is 23.3 Å². The summed E-state index contributed by atoms with van der Waals surface area (Å²) in [6.45, 7) is 4.69. The van der Waals surface area contributed by atoms with Gasteiger partial charge in [-0.15, -0.1) is 0 Å². The van der Waals surface area contributed by atoms with Crippen LogP contribution >= 0.6 is 23.3 Å². The Morgan fingerprint density at radius 2 is 2.24 bits per heavy atom. The fourth-order valence-electron chi connectivity index (χ4n) is 4.89. The molecule has 0 saturated carbocycles. The number of carboxylic acids is 1. The number of anilines is 2. The number of nitrogens with one attached hydrogen (secondary N) is 1. The van der Waals surface area contributed by atoms with Crippen LogP contribution < -0.4 is 20.1 Å². The van der Waals surface area contributed by atoms with Crippen molar-refractivity contribution in [1.82, 2.24) is 19.6 Å². The Morgan fingerprint density at radius 3 is 2.95 bits per heavy atom. The average molecular weight is 563 g/mol. The number of nitrogen functional groups attached to an aromatic ring is 1. The highest BCUT2D eigenvalue weighted by Gasteiger charge is 2.39. The van der Waals surface area contributed by atoms with Crippen molar-refractivity contribution in [2.75, 3.05) is 37.4 Å². The fourth-order valence-corrected chi connectivity index (χ4v) is 6.72. The molecule has 9 nitrogen and oxygen atoms in total. The van der Waals surface area contributed by atoms with Crippen molar-refractivity contribution in [3.63, 3.8) is 0 Å². The van der Waals surface area contributed by atoms with Crippen molar-refractivity contribution >= 4 is 51.0 Å². The number of hydrogen-bond acceptors (Lipinski definition) is 10. The van der Waals surface area contributed by atoms with Gasteiger partial charge in [-0.3, -0.25) is 4.72 Å². The van der Waals surface area contributed by atoms with Gasteiger partial charge in [-0.2, -0.15) is 0 Å². The molecule has 1 unspecified atom stereocenters. The zero-order valence-electron chi connectivity index (χ0n) is 20.7. The van der Waals surface area contributed by atoms with Crippen LogP contribution in [0.5, 0.6) is 5.75 Å². The molecule has 4 heterocycles. The number of nitrogens with zero attached hydrogens (tertiary/aromatic N) is 4. The van der Waals surface area contributed by atoms with Gasteiger partial charge in [0, 0.05) is 43.2 Å². The molecule has 0 amide bonds. The third-order valence-electron chi connectivity index (χ3n) is 6.91. The molecule has 13 heteroatoms. The van der Waals surface area contributed by atoms with Gasteiger partial charge in [0.15, 0.2) is 5.13 Å². The molecule has 2 atom stereocenters. The number of rotatable bonds is 9. The molecule has 0 radical (unpaired) electrons. The first-order chi connectivity index (χ1) is 18.1. The Hall–Kier alpha value is -3.16. The minimum Gasteiger partial charge on any atom is -0.496 e. The van der Waals surface area contributed by atoms with E-state index in [9.17, 15) is 18.7 Å².